The molecule has 0 saturated heterocycles. The fraction of sp³-hybridized carbons (Fsp3) is 0.571. The highest BCUT2D eigenvalue weighted by atomic mass is 16.5. The van der Waals surface area contributed by atoms with Crippen LogP contribution in [-0.2, 0) is 11.3 Å². The number of nitrogens with zero attached hydrogens (tertiary/aromatic N) is 1. The Morgan fingerprint density at radius 1 is 1.18 bits per heavy atom. The molecule has 0 amide bonds. The molecule has 0 aromatic heterocycles. The van der Waals surface area contributed by atoms with Gasteiger partial charge in [0.25, 0.3) is 0 Å². The van der Waals surface area contributed by atoms with Crippen molar-refractivity contribution >= 4 is 0 Å². The largest absolute Gasteiger partial charge is 0.395 e. The minimum absolute atomic E-state index is 0.189. The van der Waals surface area contributed by atoms with Crippen LogP contribution in [0, 0.1) is 0 Å². The summed E-state index contributed by atoms with van der Waals surface area (Å²) in [5.74, 6) is 0. The van der Waals surface area contributed by atoms with Crippen LogP contribution in [0.15, 0.2) is 30.3 Å². The number of aliphatic hydroxyl groups excluding tert-OH is 1. The molecule has 96 valence electrons. The van der Waals surface area contributed by atoms with Crippen molar-refractivity contribution in [1.29, 1.82) is 0 Å². The van der Waals surface area contributed by atoms with Crippen molar-refractivity contribution in [3.63, 3.8) is 0 Å². The summed E-state index contributed by atoms with van der Waals surface area (Å²) in [5.41, 5.74) is 1.27. The molecule has 0 aliphatic rings. The summed E-state index contributed by atoms with van der Waals surface area (Å²) in [4.78, 5) is 2.21. The lowest BCUT2D eigenvalue weighted by Gasteiger charge is -2.21. The predicted octanol–water partition coefficient (Wildman–Crippen LogP) is 1.91. The van der Waals surface area contributed by atoms with Gasteiger partial charge in [-0.15, -0.1) is 0 Å². The molecule has 3 nitrogen and oxygen atoms in total. The highest BCUT2D eigenvalue weighted by Crippen LogP contribution is 2.04. The zero-order valence-electron chi connectivity index (χ0n) is 10.8. The van der Waals surface area contributed by atoms with Crippen molar-refractivity contribution in [1.82, 2.24) is 4.90 Å². The summed E-state index contributed by atoms with van der Waals surface area (Å²) in [6.07, 6.45) is 0.266. The van der Waals surface area contributed by atoms with Gasteiger partial charge in [0, 0.05) is 19.6 Å². The monoisotopic (exact) mass is 237 g/mol. The Bertz CT molecular complexity index is 288. The van der Waals surface area contributed by atoms with Crippen molar-refractivity contribution in [2.45, 2.75) is 26.5 Å². The summed E-state index contributed by atoms with van der Waals surface area (Å²) in [6.45, 7) is 7.38. The standard InChI is InChI=1S/C14H23NO2/c1-13(2)17-11-9-15(8-10-16)12-14-6-4-3-5-7-14/h3-7,13,16H,8-12H2,1-2H3. The molecule has 0 bridgehead atoms. The van der Waals surface area contributed by atoms with Gasteiger partial charge in [-0.05, 0) is 19.4 Å². The van der Waals surface area contributed by atoms with Crippen LogP contribution in [0.1, 0.15) is 19.4 Å². The van der Waals surface area contributed by atoms with Crippen LogP contribution in [0.3, 0.4) is 0 Å². The van der Waals surface area contributed by atoms with Crippen molar-refractivity contribution in [3.05, 3.63) is 35.9 Å². The maximum Gasteiger partial charge on any atom is 0.0597 e. The summed E-state index contributed by atoms with van der Waals surface area (Å²) in [6, 6.07) is 10.3. The number of hydrogen-bond acceptors (Lipinski definition) is 3. The van der Waals surface area contributed by atoms with Crippen LogP contribution in [0.5, 0.6) is 0 Å². The Hall–Kier alpha value is -0.900. The number of benzene rings is 1. The van der Waals surface area contributed by atoms with Gasteiger partial charge in [-0.2, -0.15) is 0 Å². The minimum Gasteiger partial charge on any atom is -0.395 e. The molecule has 0 radical (unpaired) electrons. The topological polar surface area (TPSA) is 32.7 Å². The maximum atomic E-state index is 9.04. The van der Waals surface area contributed by atoms with E-state index in [4.69, 9.17) is 9.84 Å². The normalized spacial score (nSPS) is 11.4. The first-order valence-electron chi connectivity index (χ1n) is 6.21. The first-order valence-corrected chi connectivity index (χ1v) is 6.21. The van der Waals surface area contributed by atoms with Gasteiger partial charge in [0.2, 0.25) is 0 Å². The summed E-state index contributed by atoms with van der Waals surface area (Å²) >= 11 is 0. The van der Waals surface area contributed by atoms with E-state index in [2.05, 4.69) is 17.0 Å². The molecule has 1 aromatic rings. The van der Waals surface area contributed by atoms with E-state index in [1.54, 1.807) is 0 Å². The van der Waals surface area contributed by atoms with Crippen LogP contribution < -0.4 is 0 Å². The molecular weight excluding hydrogens is 214 g/mol. The quantitative estimate of drug-likeness (QED) is 0.749. The lowest BCUT2D eigenvalue weighted by atomic mass is 10.2. The van der Waals surface area contributed by atoms with Crippen LogP contribution in [0.25, 0.3) is 0 Å². The zero-order chi connectivity index (χ0) is 12.5. The molecule has 1 N–H and O–H groups in total. The predicted molar refractivity (Wildman–Crippen MR) is 69.9 cm³/mol. The lowest BCUT2D eigenvalue weighted by molar-refractivity contribution is 0.0534. The van der Waals surface area contributed by atoms with Gasteiger partial charge in [-0.1, -0.05) is 30.3 Å². The van der Waals surface area contributed by atoms with Gasteiger partial charge in [-0.3, -0.25) is 4.90 Å². The van der Waals surface area contributed by atoms with Crippen molar-refractivity contribution in [2.75, 3.05) is 26.3 Å². The van der Waals surface area contributed by atoms with Crippen LogP contribution in [0.2, 0.25) is 0 Å². The SMILES string of the molecule is CC(C)OCCN(CCO)Cc1ccccc1. The second kappa shape index (κ2) is 8.23. The molecule has 0 spiro atoms. The summed E-state index contributed by atoms with van der Waals surface area (Å²) < 4.78 is 5.53. The smallest absolute Gasteiger partial charge is 0.0597 e. The molecule has 0 heterocycles. The maximum absolute atomic E-state index is 9.04. The average Bonchev–Trinajstić information content (AvgIpc) is 2.30. The van der Waals surface area contributed by atoms with Crippen LogP contribution in [0.4, 0.5) is 0 Å². The Balaban J connectivity index is 2.37. The van der Waals surface area contributed by atoms with Gasteiger partial charge in [-0.25, -0.2) is 0 Å². The summed E-state index contributed by atoms with van der Waals surface area (Å²) in [7, 11) is 0. The molecule has 1 aromatic carbocycles. The fourth-order valence-electron chi connectivity index (χ4n) is 1.67. The van der Waals surface area contributed by atoms with E-state index in [1.807, 2.05) is 32.0 Å². The Kier molecular flexibility index (Phi) is 6.86. The zero-order valence-corrected chi connectivity index (χ0v) is 10.8. The highest BCUT2D eigenvalue weighted by molar-refractivity contribution is 5.14. The van der Waals surface area contributed by atoms with E-state index >= 15 is 0 Å². The Morgan fingerprint density at radius 3 is 2.47 bits per heavy atom. The molecule has 1 rings (SSSR count). The third-order valence-electron chi connectivity index (χ3n) is 2.52. The molecule has 0 aliphatic heterocycles. The van der Waals surface area contributed by atoms with Crippen LogP contribution >= 0.6 is 0 Å². The van der Waals surface area contributed by atoms with E-state index < -0.39 is 0 Å². The second-order valence-electron chi connectivity index (χ2n) is 4.40. The molecule has 0 aliphatic carbocycles. The van der Waals surface area contributed by atoms with E-state index in [1.165, 1.54) is 5.56 Å². The van der Waals surface area contributed by atoms with Gasteiger partial charge < -0.3 is 9.84 Å². The van der Waals surface area contributed by atoms with Crippen molar-refractivity contribution in [2.24, 2.45) is 0 Å². The number of hydrogen-bond donors (Lipinski definition) is 1. The van der Waals surface area contributed by atoms with E-state index in [0.717, 1.165) is 13.1 Å². The van der Waals surface area contributed by atoms with Crippen molar-refractivity contribution < 1.29 is 9.84 Å². The number of ether oxygens (including phenoxy) is 1. The third-order valence-corrected chi connectivity index (χ3v) is 2.52. The number of rotatable bonds is 8. The van der Waals surface area contributed by atoms with Gasteiger partial charge >= 0.3 is 0 Å². The van der Waals surface area contributed by atoms with Crippen molar-refractivity contribution in [3.8, 4) is 0 Å². The molecule has 0 fully saturated rings. The molecule has 0 saturated carbocycles. The number of aliphatic hydroxyl groups is 1. The molecule has 0 atom stereocenters. The second-order valence-corrected chi connectivity index (χ2v) is 4.40. The van der Waals surface area contributed by atoms with E-state index in [9.17, 15) is 0 Å². The Labute approximate surface area is 104 Å². The minimum atomic E-state index is 0.189. The van der Waals surface area contributed by atoms with E-state index in [0.29, 0.717) is 13.2 Å². The van der Waals surface area contributed by atoms with Crippen LogP contribution in [-0.4, -0.2) is 42.4 Å². The third kappa shape index (κ3) is 6.41. The fourth-order valence-corrected chi connectivity index (χ4v) is 1.67. The molecular formula is C14H23NO2. The van der Waals surface area contributed by atoms with Gasteiger partial charge in [0.05, 0.1) is 19.3 Å². The lowest BCUT2D eigenvalue weighted by Crippen LogP contribution is -2.30. The van der Waals surface area contributed by atoms with E-state index in [-0.39, 0.29) is 12.7 Å². The highest BCUT2D eigenvalue weighted by Gasteiger charge is 2.05. The molecule has 17 heavy (non-hydrogen) atoms. The van der Waals surface area contributed by atoms with Gasteiger partial charge in [0.15, 0.2) is 0 Å². The molecule has 3 heteroatoms. The average molecular weight is 237 g/mol. The van der Waals surface area contributed by atoms with Gasteiger partial charge in [0.1, 0.15) is 0 Å². The first kappa shape index (κ1) is 14.2. The first-order chi connectivity index (χ1) is 8.22. The molecule has 0 unspecified atom stereocenters. The summed E-state index contributed by atoms with van der Waals surface area (Å²) in [5, 5.41) is 9.04. The Morgan fingerprint density at radius 2 is 1.88 bits per heavy atom.